The van der Waals surface area contributed by atoms with Crippen molar-refractivity contribution >= 4 is 15.9 Å². The third-order valence-electron chi connectivity index (χ3n) is 4.15. The molecule has 2 rings (SSSR count). The second-order valence-electron chi connectivity index (χ2n) is 5.46. The van der Waals surface area contributed by atoms with Crippen LogP contribution in [0.15, 0.2) is 4.47 Å². The maximum absolute atomic E-state index is 4.58. The highest BCUT2D eigenvalue weighted by molar-refractivity contribution is 9.10. The van der Waals surface area contributed by atoms with E-state index >= 15 is 0 Å². The van der Waals surface area contributed by atoms with Crippen LogP contribution in [0.4, 0.5) is 0 Å². The molecular formula is C13H22BrN3. The molecule has 2 heterocycles. The SMILES string of the molecule is CCn1nc(C)c(Br)c1CC1(C(C)C)CNC1. The summed E-state index contributed by atoms with van der Waals surface area (Å²) in [5.41, 5.74) is 2.88. The fraction of sp³-hybridized carbons (Fsp3) is 0.769. The third-order valence-corrected chi connectivity index (χ3v) is 5.18. The first-order chi connectivity index (χ1) is 8.00. The Morgan fingerprint density at radius 1 is 1.47 bits per heavy atom. The zero-order valence-corrected chi connectivity index (χ0v) is 12.8. The molecular weight excluding hydrogens is 278 g/mol. The quantitative estimate of drug-likeness (QED) is 0.926. The molecule has 0 aromatic carbocycles. The monoisotopic (exact) mass is 299 g/mol. The molecule has 1 saturated heterocycles. The van der Waals surface area contributed by atoms with Gasteiger partial charge in [0, 0.05) is 25.0 Å². The number of rotatable bonds is 4. The molecule has 1 fully saturated rings. The molecule has 1 aromatic heterocycles. The Bertz CT molecular complexity index is 405. The van der Waals surface area contributed by atoms with Crippen LogP contribution >= 0.6 is 15.9 Å². The van der Waals surface area contributed by atoms with Gasteiger partial charge in [-0.25, -0.2) is 0 Å². The minimum Gasteiger partial charge on any atom is -0.315 e. The van der Waals surface area contributed by atoms with Crippen molar-refractivity contribution in [2.24, 2.45) is 11.3 Å². The van der Waals surface area contributed by atoms with E-state index in [1.165, 1.54) is 10.2 Å². The summed E-state index contributed by atoms with van der Waals surface area (Å²) in [5.74, 6) is 0.705. The van der Waals surface area contributed by atoms with Crippen molar-refractivity contribution in [3.8, 4) is 0 Å². The molecule has 0 aliphatic carbocycles. The highest BCUT2D eigenvalue weighted by Gasteiger charge is 2.41. The molecule has 17 heavy (non-hydrogen) atoms. The molecule has 0 radical (unpaired) electrons. The van der Waals surface area contributed by atoms with Gasteiger partial charge in [0.15, 0.2) is 0 Å². The number of nitrogens with zero attached hydrogens (tertiary/aromatic N) is 2. The van der Waals surface area contributed by atoms with Crippen molar-refractivity contribution in [1.29, 1.82) is 0 Å². The van der Waals surface area contributed by atoms with Crippen LogP contribution in [0.1, 0.15) is 32.2 Å². The van der Waals surface area contributed by atoms with E-state index in [1.54, 1.807) is 0 Å². The zero-order chi connectivity index (χ0) is 12.6. The van der Waals surface area contributed by atoms with Crippen LogP contribution in [0.2, 0.25) is 0 Å². The number of aryl methyl sites for hydroxylation is 2. The maximum atomic E-state index is 4.58. The van der Waals surface area contributed by atoms with Crippen LogP contribution in [-0.4, -0.2) is 22.9 Å². The first-order valence-corrected chi connectivity index (χ1v) is 7.22. The van der Waals surface area contributed by atoms with Gasteiger partial charge in [0.25, 0.3) is 0 Å². The normalized spacial score (nSPS) is 18.5. The minimum atomic E-state index is 0.419. The Morgan fingerprint density at radius 3 is 2.53 bits per heavy atom. The van der Waals surface area contributed by atoms with Gasteiger partial charge in [0.05, 0.1) is 15.9 Å². The smallest absolute Gasteiger partial charge is 0.0738 e. The molecule has 1 aliphatic heterocycles. The van der Waals surface area contributed by atoms with Crippen molar-refractivity contribution in [3.05, 3.63) is 15.9 Å². The van der Waals surface area contributed by atoms with E-state index < -0.39 is 0 Å². The molecule has 1 aromatic rings. The van der Waals surface area contributed by atoms with Crippen molar-refractivity contribution < 1.29 is 0 Å². The summed E-state index contributed by atoms with van der Waals surface area (Å²) in [6.45, 7) is 12.1. The van der Waals surface area contributed by atoms with E-state index in [2.05, 4.69) is 58.7 Å². The summed E-state index contributed by atoms with van der Waals surface area (Å²) < 4.78 is 3.34. The summed E-state index contributed by atoms with van der Waals surface area (Å²) in [6.07, 6.45) is 1.12. The number of aromatic nitrogens is 2. The lowest BCUT2D eigenvalue weighted by atomic mass is 9.69. The predicted octanol–water partition coefficient (Wildman–Crippen LogP) is 2.76. The van der Waals surface area contributed by atoms with Gasteiger partial charge < -0.3 is 5.32 Å². The lowest BCUT2D eigenvalue weighted by Crippen LogP contribution is -2.57. The van der Waals surface area contributed by atoms with Gasteiger partial charge in [0.2, 0.25) is 0 Å². The Hall–Kier alpha value is -0.350. The van der Waals surface area contributed by atoms with Crippen molar-refractivity contribution in [2.75, 3.05) is 13.1 Å². The third kappa shape index (κ3) is 2.17. The predicted molar refractivity (Wildman–Crippen MR) is 74.2 cm³/mol. The Morgan fingerprint density at radius 2 is 2.12 bits per heavy atom. The summed E-state index contributed by atoms with van der Waals surface area (Å²) in [6, 6.07) is 0. The van der Waals surface area contributed by atoms with E-state index in [0.29, 0.717) is 11.3 Å². The lowest BCUT2D eigenvalue weighted by molar-refractivity contribution is 0.0963. The second kappa shape index (κ2) is 4.73. The summed E-state index contributed by atoms with van der Waals surface area (Å²) >= 11 is 3.69. The molecule has 1 N–H and O–H groups in total. The molecule has 1 aliphatic rings. The number of hydrogen-bond acceptors (Lipinski definition) is 2. The van der Waals surface area contributed by atoms with E-state index in [0.717, 1.165) is 31.7 Å². The van der Waals surface area contributed by atoms with E-state index in [9.17, 15) is 0 Å². The van der Waals surface area contributed by atoms with Crippen molar-refractivity contribution in [1.82, 2.24) is 15.1 Å². The fourth-order valence-electron chi connectivity index (χ4n) is 2.55. The summed E-state index contributed by atoms with van der Waals surface area (Å²) in [4.78, 5) is 0. The van der Waals surface area contributed by atoms with Crippen LogP contribution < -0.4 is 5.32 Å². The van der Waals surface area contributed by atoms with Crippen molar-refractivity contribution in [2.45, 2.75) is 40.7 Å². The highest BCUT2D eigenvalue weighted by Crippen LogP contribution is 2.38. The van der Waals surface area contributed by atoms with E-state index in [1.807, 2.05) is 0 Å². The molecule has 4 heteroatoms. The van der Waals surface area contributed by atoms with Crippen LogP contribution in [0.5, 0.6) is 0 Å². The topological polar surface area (TPSA) is 29.9 Å². The lowest BCUT2D eigenvalue weighted by Gasteiger charge is -2.46. The van der Waals surface area contributed by atoms with E-state index in [-0.39, 0.29) is 0 Å². The molecule has 0 atom stereocenters. The van der Waals surface area contributed by atoms with Gasteiger partial charge in [-0.15, -0.1) is 0 Å². The fourth-order valence-corrected chi connectivity index (χ4v) is 2.98. The molecule has 0 bridgehead atoms. The number of halogens is 1. The maximum Gasteiger partial charge on any atom is 0.0738 e. The molecule has 0 unspecified atom stereocenters. The van der Waals surface area contributed by atoms with Gasteiger partial charge in [-0.2, -0.15) is 5.10 Å². The molecule has 0 saturated carbocycles. The van der Waals surface area contributed by atoms with Crippen LogP contribution in [0.3, 0.4) is 0 Å². The molecule has 96 valence electrons. The minimum absolute atomic E-state index is 0.419. The van der Waals surface area contributed by atoms with Gasteiger partial charge >= 0.3 is 0 Å². The highest BCUT2D eigenvalue weighted by atomic mass is 79.9. The average Bonchev–Trinajstić information content (AvgIpc) is 2.49. The van der Waals surface area contributed by atoms with Gasteiger partial charge in [-0.3, -0.25) is 4.68 Å². The van der Waals surface area contributed by atoms with Gasteiger partial charge in [-0.1, -0.05) is 13.8 Å². The summed E-state index contributed by atoms with van der Waals surface area (Å²) in [7, 11) is 0. The average molecular weight is 300 g/mol. The first-order valence-electron chi connectivity index (χ1n) is 6.42. The van der Waals surface area contributed by atoms with Gasteiger partial charge in [-0.05, 0) is 42.1 Å². The van der Waals surface area contributed by atoms with Crippen molar-refractivity contribution in [3.63, 3.8) is 0 Å². The number of nitrogens with one attached hydrogen (secondary N) is 1. The standard InChI is InChI=1S/C13H22BrN3/c1-5-17-11(12(14)10(4)16-17)6-13(9(2)3)7-15-8-13/h9,15H,5-8H2,1-4H3. The first kappa shape index (κ1) is 13.1. The summed E-state index contributed by atoms with van der Waals surface area (Å²) in [5, 5.41) is 8.00. The Labute approximate surface area is 112 Å². The second-order valence-corrected chi connectivity index (χ2v) is 6.25. The zero-order valence-electron chi connectivity index (χ0n) is 11.2. The van der Waals surface area contributed by atoms with Gasteiger partial charge in [0.1, 0.15) is 0 Å². The van der Waals surface area contributed by atoms with E-state index in [4.69, 9.17) is 0 Å². The Balaban J connectivity index is 2.29. The largest absolute Gasteiger partial charge is 0.315 e. The van der Waals surface area contributed by atoms with Crippen LogP contribution in [-0.2, 0) is 13.0 Å². The molecule has 0 spiro atoms. The Kier molecular flexibility index (Phi) is 3.64. The van der Waals surface area contributed by atoms with Crippen LogP contribution in [0, 0.1) is 18.3 Å². The molecule has 0 amide bonds. The van der Waals surface area contributed by atoms with Crippen LogP contribution in [0.25, 0.3) is 0 Å². The molecule has 3 nitrogen and oxygen atoms in total. The number of hydrogen-bond donors (Lipinski definition) is 1.